The van der Waals surface area contributed by atoms with Crippen molar-refractivity contribution in [3.63, 3.8) is 0 Å². The first-order chi connectivity index (χ1) is 11.6. The van der Waals surface area contributed by atoms with E-state index in [1.807, 2.05) is 12.1 Å². The maximum absolute atomic E-state index is 12.3. The van der Waals surface area contributed by atoms with Gasteiger partial charge in [0.15, 0.2) is 0 Å². The molecule has 3 rings (SSSR count). The molecule has 0 unspecified atom stereocenters. The number of amides is 1. The first-order valence-corrected chi connectivity index (χ1v) is 9.28. The van der Waals surface area contributed by atoms with E-state index in [4.69, 9.17) is 0 Å². The number of aliphatic hydroxyl groups excluding tert-OH is 1. The standard InChI is InChI=1S/C20H30N2O2/c1-20(9-2-10-20)15-21-19(24)18-5-3-16(4-6-18)13-22-11-7-17(14-23)8-12-22/h3-6,17,23H,2,7-15H2,1H3,(H,21,24). The quantitative estimate of drug-likeness (QED) is 0.843. The van der Waals surface area contributed by atoms with Crippen LogP contribution in [0.15, 0.2) is 24.3 Å². The molecule has 0 radical (unpaired) electrons. The van der Waals surface area contributed by atoms with Crippen LogP contribution < -0.4 is 5.32 Å². The average molecular weight is 330 g/mol. The molecular weight excluding hydrogens is 300 g/mol. The molecule has 24 heavy (non-hydrogen) atoms. The van der Waals surface area contributed by atoms with Gasteiger partial charge in [0.25, 0.3) is 5.91 Å². The molecule has 2 N–H and O–H groups in total. The summed E-state index contributed by atoms with van der Waals surface area (Å²) in [6, 6.07) is 8.01. The molecule has 1 aromatic carbocycles. The van der Waals surface area contributed by atoms with Gasteiger partial charge in [0.2, 0.25) is 0 Å². The number of rotatable bonds is 6. The van der Waals surface area contributed by atoms with E-state index < -0.39 is 0 Å². The summed E-state index contributed by atoms with van der Waals surface area (Å²) < 4.78 is 0. The molecule has 4 nitrogen and oxygen atoms in total. The van der Waals surface area contributed by atoms with E-state index in [1.165, 1.54) is 24.8 Å². The number of carbonyl (C=O) groups is 1. The molecule has 132 valence electrons. The summed E-state index contributed by atoms with van der Waals surface area (Å²) in [7, 11) is 0. The molecule has 1 aliphatic carbocycles. The largest absolute Gasteiger partial charge is 0.396 e. The fourth-order valence-electron chi connectivity index (χ4n) is 3.70. The number of hydrogen-bond donors (Lipinski definition) is 2. The first kappa shape index (κ1) is 17.4. The third-order valence-corrected chi connectivity index (χ3v) is 5.82. The second-order valence-electron chi connectivity index (χ2n) is 7.95. The molecule has 0 spiro atoms. The van der Waals surface area contributed by atoms with Crippen molar-refractivity contribution in [3.05, 3.63) is 35.4 Å². The highest BCUT2D eigenvalue weighted by Gasteiger charge is 2.31. The first-order valence-electron chi connectivity index (χ1n) is 9.28. The van der Waals surface area contributed by atoms with E-state index in [9.17, 15) is 9.90 Å². The van der Waals surface area contributed by atoms with Crippen molar-refractivity contribution in [2.45, 2.75) is 45.6 Å². The number of likely N-dealkylation sites (tertiary alicyclic amines) is 1. The Morgan fingerprint density at radius 2 is 1.92 bits per heavy atom. The number of benzene rings is 1. The van der Waals surface area contributed by atoms with E-state index >= 15 is 0 Å². The fraction of sp³-hybridized carbons (Fsp3) is 0.650. The average Bonchev–Trinajstić information content (AvgIpc) is 2.59. The lowest BCUT2D eigenvalue weighted by Crippen LogP contribution is -2.39. The van der Waals surface area contributed by atoms with Crippen molar-refractivity contribution >= 4 is 5.91 Å². The zero-order valence-corrected chi connectivity index (χ0v) is 14.8. The normalized spacial score (nSPS) is 21.2. The minimum Gasteiger partial charge on any atom is -0.396 e. The highest BCUT2D eigenvalue weighted by atomic mass is 16.3. The van der Waals surface area contributed by atoms with Gasteiger partial charge in [-0.25, -0.2) is 0 Å². The molecule has 0 aromatic heterocycles. The van der Waals surface area contributed by atoms with Gasteiger partial charge in [0.05, 0.1) is 0 Å². The highest BCUT2D eigenvalue weighted by Crippen LogP contribution is 2.39. The topological polar surface area (TPSA) is 52.6 Å². The van der Waals surface area contributed by atoms with E-state index in [0.717, 1.165) is 44.6 Å². The number of piperidine rings is 1. The maximum atomic E-state index is 12.3. The molecule has 1 aromatic rings. The molecule has 0 bridgehead atoms. The summed E-state index contributed by atoms with van der Waals surface area (Å²) in [5, 5.41) is 12.3. The molecular formula is C20H30N2O2. The van der Waals surface area contributed by atoms with Crippen molar-refractivity contribution in [1.82, 2.24) is 10.2 Å². The molecule has 1 saturated carbocycles. The minimum absolute atomic E-state index is 0.0402. The second kappa shape index (κ2) is 7.66. The fourth-order valence-corrected chi connectivity index (χ4v) is 3.70. The number of nitrogens with one attached hydrogen (secondary N) is 1. The third kappa shape index (κ3) is 4.37. The smallest absolute Gasteiger partial charge is 0.251 e. The van der Waals surface area contributed by atoms with E-state index in [2.05, 4.69) is 29.3 Å². The number of hydrogen-bond acceptors (Lipinski definition) is 3. The van der Waals surface area contributed by atoms with Gasteiger partial charge >= 0.3 is 0 Å². The zero-order valence-electron chi connectivity index (χ0n) is 14.8. The van der Waals surface area contributed by atoms with Gasteiger partial charge in [0, 0.05) is 25.3 Å². The van der Waals surface area contributed by atoms with E-state index in [1.54, 1.807) is 0 Å². The molecule has 1 amide bonds. The second-order valence-corrected chi connectivity index (χ2v) is 7.95. The summed E-state index contributed by atoms with van der Waals surface area (Å²) in [4.78, 5) is 14.7. The van der Waals surface area contributed by atoms with Crippen LogP contribution >= 0.6 is 0 Å². The predicted octanol–water partition coefficient (Wildman–Crippen LogP) is 2.81. The van der Waals surface area contributed by atoms with Crippen molar-refractivity contribution in [3.8, 4) is 0 Å². The summed E-state index contributed by atoms with van der Waals surface area (Å²) >= 11 is 0. The lowest BCUT2D eigenvalue weighted by Gasteiger charge is -2.38. The van der Waals surface area contributed by atoms with Crippen molar-refractivity contribution in [2.24, 2.45) is 11.3 Å². The zero-order chi connectivity index (χ0) is 17.0. The van der Waals surface area contributed by atoms with E-state index in [0.29, 0.717) is 17.9 Å². The van der Waals surface area contributed by atoms with Crippen LogP contribution in [-0.2, 0) is 6.54 Å². The predicted molar refractivity (Wildman–Crippen MR) is 95.8 cm³/mol. The van der Waals surface area contributed by atoms with Crippen LogP contribution in [0, 0.1) is 11.3 Å². The minimum atomic E-state index is 0.0402. The van der Waals surface area contributed by atoms with Crippen LogP contribution in [0.4, 0.5) is 0 Å². The van der Waals surface area contributed by atoms with Gasteiger partial charge in [0.1, 0.15) is 0 Å². The molecule has 2 aliphatic rings. The van der Waals surface area contributed by atoms with Crippen LogP contribution in [-0.4, -0.2) is 42.2 Å². The monoisotopic (exact) mass is 330 g/mol. The van der Waals surface area contributed by atoms with Gasteiger partial charge in [-0.3, -0.25) is 9.69 Å². The molecule has 2 fully saturated rings. The third-order valence-electron chi connectivity index (χ3n) is 5.82. The van der Waals surface area contributed by atoms with Gasteiger partial charge in [-0.1, -0.05) is 25.5 Å². The van der Waals surface area contributed by atoms with Crippen LogP contribution in [0.3, 0.4) is 0 Å². The lowest BCUT2D eigenvalue weighted by atomic mass is 9.70. The lowest BCUT2D eigenvalue weighted by molar-refractivity contribution is 0.0890. The molecule has 4 heteroatoms. The van der Waals surface area contributed by atoms with Crippen LogP contribution in [0.2, 0.25) is 0 Å². The van der Waals surface area contributed by atoms with Gasteiger partial charge < -0.3 is 10.4 Å². The van der Waals surface area contributed by atoms with Crippen LogP contribution in [0.5, 0.6) is 0 Å². The molecule has 0 atom stereocenters. The van der Waals surface area contributed by atoms with Crippen LogP contribution in [0.1, 0.15) is 54.9 Å². The molecule has 1 heterocycles. The molecule has 1 aliphatic heterocycles. The number of carbonyl (C=O) groups excluding carboxylic acids is 1. The Balaban J connectivity index is 1.47. The number of aliphatic hydroxyl groups is 1. The number of nitrogens with zero attached hydrogens (tertiary/aromatic N) is 1. The van der Waals surface area contributed by atoms with Crippen LogP contribution in [0.25, 0.3) is 0 Å². The Morgan fingerprint density at radius 3 is 2.46 bits per heavy atom. The van der Waals surface area contributed by atoms with E-state index in [-0.39, 0.29) is 5.91 Å². The Labute approximate surface area is 145 Å². The summed E-state index contributed by atoms with van der Waals surface area (Å²) in [6.07, 6.45) is 5.89. The Hall–Kier alpha value is -1.39. The Kier molecular flexibility index (Phi) is 5.57. The van der Waals surface area contributed by atoms with Gasteiger partial charge in [-0.15, -0.1) is 0 Å². The van der Waals surface area contributed by atoms with Crippen molar-refractivity contribution in [1.29, 1.82) is 0 Å². The van der Waals surface area contributed by atoms with Crippen molar-refractivity contribution < 1.29 is 9.90 Å². The Morgan fingerprint density at radius 1 is 1.25 bits per heavy atom. The molecule has 1 saturated heterocycles. The summed E-state index contributed by atoms with van der Waals surface area (Å²) in [5.74, 6) is 0.517. The summed E-state index contributed by atoms with van der Waals surface area (Å²) in [5.41, 5.74) is 2.32. The van der Waals surface area contributed by atoms with Crippen molar-refractivity contribution in [2.75, 3.05) is 26.2 Å². The highest BCUT2D eigenvalue weighted by molar-refractivity contribution is 5.94. The Bertz CT molecular complexity index is 543. The summed E-state index contributed by atoms with van der Waals surface area (Å²) in [6.45, 7) is 6.38. The van der Waals surface area contributed by atoms with Gasteiger partial charge in [-0.2, -0.15) is 0 Å². The SMILES string of the molecule is CC1(CNC(=O)c2ccc(CN3CCC(CO)CC3)cc2)CCC1. The van der Waals surface area contributed by atoms with Gasteiger partial charge in [-0.05, 0) is 67.8 Å². The maximum Gasteiger partial charge on any atom is 0.251 e.